The maximum atomic E-state index is 14.9. The highest BCUT2D eigenvalue weighted by molar-refractivity contribution is 7.91. The van der Waals surface area contributed by atoms with Gasteiger partial charge in [0.05, 0.1) is 35.4 Å². The maximum Gasteiger partial charge on any atom is 0.408 e. The van der Waals surface area contributed by atoms with Crippen LogP contribution in [-0.4, -0.2) is 102 Å². The third-order valence-corrected chi connectivity index (χ3v) is 15.7. The number of alkyl halides is 2. The van der Waals surface area contributed by atoms with Gasteiger partial charge in [0, 0.05) is 17.9 Å². The second kappa shape index (κ2) is 14.7. The van der Waals surface area contributed by atoms with Gasteiger partial charge in [-0.25, -0.2) is 32.0 Å². The molecule has 15 nitrogen and oxygen atoms in total. The molecule has 10 atom stereocenters. The van der Waals surface area contributed by atoms with E-state index in [1.165, 1.54) is 11.8 Å². The molecule has 18 heteroatoms. The third kappa shape index (κ3) is 7.78. The molecule has 1 saturated heterocycles. The standard InChI is InChI=1S/C41H54F2N6O9S/c1-7-23-29-19-49(31(23)34(50)47-41(18-25(41)33(42)43)37(52)48-59(54,55)40(5)13-14-40)36(51)32(39(2,3)4)46-38(53)58-28-16-21(28)10-8-9-20-15-24(20)30-35(57-29)45-27-17-22(56-6)11-12-26(27)44-30/h11-12,17,20-21,23-25,28-29,31-33H,7-10,13-16,18-19H2,1-6H3,(H,46,53)(H,47,50)(H,48,52). The Kier molecular flexibility index (Phi) is 10.3. The van der Waals surface area contributed by atoms with Crippen molar-refractivity contribution in [1.29, 1.82) is 0 Å². The fourth-order valence-electron chi connectivity index (χ4n) is 9.13. The van der Waals surface area contributed by atoms with E-state index in [4.69, 9.17) is 24.2 Å². The van der Waals surface area contributed by atoms with E-state index in [9.17, 15) is 36.4 Å². The Labute approximate surface area is 342 Å². The van der Waals surface area contributed by atoms with Gasteiger partial charge >= 0.3 is 6.09 Å². The summed E-state index contributed by atoms with van der Waals surface area (Å²) in [6.07, 6.45) is -0.290. The van der Waals surface area contributed by atoms with E-state index in [-0.39, 0.29) is 36.8 Å². The Morgan fingerprint density at radius 3 is 2.44 bits per heavy atom. The van der Waals surface area contributed by atoms with Crippen LogP contribution in [0.5, 0.6) is 11.6 Å². The molecule has 0 spiro atoms. The number of aromatic nitrogens is 2. The largest absolute Gasteiger partial charge is 0.497 e. The van der Waals surface area contributed by atoms with Crippen LogP contribution in [0, 0.1) is 29.1 Å². The second-order valence-electron chi connectivity index (χ2n) is 18.8. The summed E-state index contributed by atoms with van der Waals surface area (Å²) in [6.45, 7) is 8.36. The molecule has 8 rings (SSSR count). The average Bonchev–Trinajstić information content (AvgIpc) is 4.01. The summed E-state index contributed by atoms with van der Waals surface area (Å²) >= 11 is 0. The zero-order chi connectivity index (χ0) is 42.4. The summed E-state index contributed by atoms with van der Waals surface area (Å²) in [5, 5.41) is 5.29. The molecule has 1 aromatic heterocycles. The summed E-state index contributed by atoms with van der Waals surface area (Å²) in [6, 6.07) is 2.79. The normalized spacial score (nSPS) is 33.8. The van der Waals surface area contributed by atoms with Gasteiger partial charge in [0.2, 0.25) is 34.1 Å². The quantitative estimate of drug-likeness (QED) is 0.337. The van der Waals surface area contributed by atoms with Gasteiger partial charge in [0.25, 0.3) is 5.91 Å². The Morgan fingerprint density at radius 2 is 1.80 bits per heavy atom. The van der Waals surface area contributed by atoms with Crippen molar-refractivity contribution in [2.75, 3.05) is 13.7 Å². The van der Waals surface area contributed by atoms with Gasteiger partial charge in [-0.05, 0) is 87.7 Å². The van der Waals surface area contributed by atoms with E-state index >= 15 is 0 Å². The molecule has 2 bridgehead atoms. The smallest absolute Gasteiger partial charge is 0.408 e. The van der Waals surface area contributed by atoms with Crippen molar-refractivity contribution >= 4 is 44.9 Å². The van der Waals surface area contributed by atoms with Crippen LogP contribution in [0.2, 0.25) is 0 Å². The number of alkyl carbamates (subject to hydrolysis) is 1. The van der Waals surface area contributed by atoms with Crippen LogP contribution in [0.1, 0.15) is 104 Å². The molecule has 3 N–H and O–H groups in total. The van der Waals surface area contributed by atoms with Crippen molar-refractivity contribution in [2.45, 2.75) is 139 Å². The van der Waals surface area contributed by atoms with Gasteiger partial charge in [-0.15, -0.1) is 0 Å². The minimum atomic E-state index is -4.24. The van der Waals surface area contributed by atoms with Crippen molar-refractivity contribution < 1.29 is 50.6 Å². The van der Waals surface area contributed by atoms with Crippen molar-refractivity contribution in [3.63, 3.8) is 0 Å². The number of hydrogen-bond acceptors (Lipinski definition) is 11. The van der Waals surface area contributed by atoms with E-state index in [2.05, 4.69) is 10.6 Å². The van der Waals surface area contributed by atoms with E-state index in [1.54, 1.807) is 46.9 Å². The molecule has 59 heavy (non-hydrogen) atoms. The third-order valence-electron chi connectivity index (χ3n) is 13.6. The number of halogens is 2. The first kappa shape index (κ1) is 41.4. The number of fused-ring (bicyclic) bond motifs is 7. The van der Waals surface area contributed by atoms with Crippen LogP contribution < -0.4 is 24.8 Å². The molecule has 322 valence electrons. The molecule has 10 unspecified atom stereocenters. The van der Waals surface area contributed by atoms with Crippen molar-refractivity contribution in [2.24, 2.45) is 29.1 Å². The van der Waals surface area contributed by atoms with Crippen LogP contribution in [0.3, 0.4) is 0 Å². The molecule has 5 fully saturated rings. The Hall–Kier alpha value is -4.35. The van der Waals surface area contributed by atoms with E-state index < -0.39 is 92.4 Å². The Balaban J connectivity index is 1.18. The molecule has 4 aliphatic carbocycles. The first-order chi connectivity index (χ1) is 27.8. The summed E-state index contributed by atoms with van der Waals surface area (Å²) < 4.78 is 73.8. The van der Waals surface area contributed by atoms with Crippen molar-refractivity contribution in [3.05, 3.63) is 23.9 Å². The minimum Gasteiger partial charge on any atom is -0.497 e. The number of hydrogen-bond donors (Lipinski definition) is 3. The van der Waals surface area contributed by atoms with Gasteiger partial charge in [0.1, 0.15) is 41.3 Å². The summed E-state index contributed by atoms with van der Waals surface area (Å²) in [5.41, 5.74) is -1.31. The lowest BCUT2D eigenvalue weighted by Gasteiger charge is -2.36. The monoisotopic (exact) mass is 844 g/mol. The van der Waals surface area contributed by atoms with E-state index in [1.807, 2.05) is 10.8 Å². The van der Waals surface area contributed by atoms with Crippen LogP contribution in [0.15, 0.2) is 18.2 Å². The molecule has 6 aliphatic rings. The highest BCUT2D eigenvalue weighted by Crippen LogP contribution is 2.54. The SMILES string of the molecule is CCC1C2CN(C(=O)C(C(C)(C)C)NC(=O)OC3CC3CCCC3CC3c3nc4ccc(OC)cc4nc3O2)C1C(=O)NC1(C(=O)NS(=O)(=O)C2(C)CC2)CC1C(F)F. The van der Waals surface area contributed by atoms with Gasteiger partial charge in [-0.1, -0.05) is 34.1 Å². The van der Waals surface area contributed by atoms with Crippen LogP contribution >= 0.6 is 0 Å². The number of sulfonamides is 1. The number of carbonyl (C=O) groups excluding carboxylic acids is 4. The number of benzene rings is 1. The lowest BCUT2D eigenvalue weighted by atomic mass is 9.85. The van der Waals surface area contributed by atoms with Gasteiger partial charge in [-0.3, -0.25) is 19.1 Å². The van der Waals surface area contributed by atoms with Crippen molar-refractivity contribution in [3.8, 4) is 11.6 Å². The van der Waals surface area contributed by atoms with Gasteiger partial charge in [-0.2, -0.15) is 0 Å². The average molecular weight is 845 g/mol. The summed E-state index contributed by atoms with van der Waals surface area (Å²) in [7, 11) is -2.70. The highest BCUT2D eigenvalue weighted by Gasteiger charge is 2.68. The molecule has 4 amide bonds. The minimum absolute atomic E-state index is 0.0530. The van der Waals surface area contributed by atoms with Crippen LogP contribution in [-0.2, 0) is 29.1 Å². The Morgan fingerprint density at radius 1 is 1.07 bits per heavy atom. The Bertz CT molecular complexity index is 2170. The molecular weight excluding hydrogens is 791 g/mol. The van der Waals surface area contributed by atoms with Crippen LogP contribution in [0.25, 0.3) is 11.0 Å². The molecular formula is C41H54F2N6O9S. The maximum absolute atomic E-state index is 14.9. The fourth-order valence-corrected chi connectivity index (χ4v) is 10.4. The highest BCUT2D eigenvalue weighted by atomic mass is 32.2. The first-order valence-corrected chi connectivity index (χ1v) is 22.2. The number of carbonyl (C=O) groups is 4. The molecule has 2 aliphatic heterocycles. The van der Waals surface area contributed by atoms with Gasteiger partial charge in [0.15, 0.2) is 0 Å². The zero-order valence-corrected chi connectivity index (χ0v) is 35.1. The lowest BCUT2D eigenvalue weighted by molar-refractivity contribution is -0.144. The zero-order valence-electron chi connectivity index (χ0n) is 34.3. The number of nitrogens with zero attached hydrogens (tertiary/aromatic N) is 3. The predicted octanol–water partition coefficient (Wildman–Crippen LogP) is 4.58. The first-order valence-electron chi connectivity index (χ1n) is 20.8. The number of methoxy groups -OCH3 is 1. The number of amides is 4. The molecule has 4 saturated carbocycles. The lowest BCUT2D eigenvalue weighted by Crippen LogP contribution is -2.61. The van der Waals surface area contributed by atoms with Gasteiger partial charge < -0.3 is 29.7 Å². The second-order valence-corrected chi connectivity index (χ2v) is 21.0. The summed E-state index contributed by atoms with van der Waals surface area (Å²) in [5.74, 6) is -3.86. The topological polar surface area (TPSA) is 195 Å². The molecule has 1 aromatic carbocycles. The van der Waals surface area contributed by atoms with Crippen LogP contribution in [0.4, 0.5) is 13.6 Å². The number of ether oxygens (including phenoxy) is 3. The summed E-state index contributed by atoms with van der Waals surface area (Å²) in [4.78, 5) is 68.0. The molecule has 3 heterocycles. The number of rotatable bonds is 8. The fraction of sp³-hybridized carbons (Fsp3) is 0.707. The van der Waals surface area contributed by atoms with E-state index in [0.29, 0.717) is 41.2 Å². The molecule has 2 aromatic rings. The predicted molar refractivity (Wildman–Crippen MR) is 209 cm³/mol. The van der Waals surface area contributed by atoms with E-state index in [0.717, 1.165) is 32.1 Å². The van der Waals surface area contributed by atoms with Crippen molar-refractivity contribution in [1.82, 2.24) is 30.2 Å². The number of nitrogens with one attached hydrogen (secondary N) is 3. The molecule has 0 radical (unpaired) electrons.